The third-order valence-corrected chi connectivity index (χ3v) is 3.63. The van der Waals surface area contributed by atoms with Gasteiger partial charge in [-0.15, -0.1) is 0 Å². The van der Waals surface area contributed by atoms with Gasteiger partial charge in [-0.25, -0.2) is 0 Å². The fraction of sp³-hybridized carbons (Fsp3) is 0.643. The molecule has 0 aromatic carbocycles. The van der Waals surface area contributed by atoms with E-state index < -0.39 is 0 Å². The molecule has 1 aromatic heterocycles. The Bertz CT molecular complexity index is 410. The Morgan fingerprint density at radius 2 is 2.33 bits per heavy atom. The highest BCUT2D eigenvalue weighted by molar-refractivity contribution is 5.09. The number of hydrogen-bond acceptors (Lipinski definition) is 4. The van der Waals surface area contributed by atoms with Crippen molar-refractivity contribution in [2.75, 3.05) is 26.8 Å². The maximum atomic E-state index is 6.11. The molecule has 4 heteroatoms. The van der Waals surface area contributed by atoms with E-state index in [1.54, 1.807) is 0 Å². The smallest absolute Gasteiger partial charge is 0.0624 e. The highest BCUT2D eigenvalue weighted by atomic mass is 16.5. The van der Waals surface area contributed by atoms with Gasteiger partial charge in [-0.3, -0.25) is 9.88 Å². The summed E-state index contributed by atoms with van der Waals surface area (Å²) < 4.78 is 5.48. The van der Waals surface area contributed by atoms with Crippen LogP contribution >= 0.6 is 0 Å². The molecular weight excluding hydrogens is 226 g/mol. The van der Waals surface area contributed by atoms with Crippen molar-refractivity contribution in [2.45, 2.75) is 26.4 Å². The average molecular weight is 249 g/mol. The maximum absolute atomic E-state index is 6.11. The standard InChI is InChI=1S/C14H23N3O/c1-11-5-4-6-12(16-11)7-17(3)9-14(2)10-18-8-13(14)15/h4-6,13H,7-10,15H2,1-3H3. The molecule has 0 saturated carbocycles. The SMILES string of the molecule is Cc1cccc(CN(C)CC2(C)COCC2N)n1. The number of hydrogen-bond donors (Lipinski definition) is 1. The Hall–Kier alpha value is -0.970. The maximum Gasteiger partial charge on any atom is 0.0624 e. The van der Waals surface area contributed by atoms with Crippen LogP contribution in [-0.4, -0.2) is 42.7 Å². The van der Waals surface area contributed by atoms with E-state index in [1.165, 1.54) is 0 Å². The van der Waals surface area contributed by atoms with E-state index in [1.807, 2.05) is 13.0 Å². The van der Waals surface area contributed by atoms with Crippen molar-refractivity contribution in [3.05, 3.63) is 29.6 Å². The summed E-state index contributed by atoms with van der Waals surface area (Å²) in [7, 11) is 2.11. The lowest BCUT2D eigenvalue weighted by atomic mass is 9.85. The molecule has 0 aliphatic carbocycles. The number of pyridine rings is 1. The van der Waals surface area contributed by atoms with Crippen molar-refractivity contribution < 1.29 is 4.74 Å². The van der Waals surface area contributed by atoms with Crippen molar-refractivity contribution in [1.82, 2.24) is 9.88 Å². The predicted octanol–water partition coefficient (Wildman–Crippen LogP) is 1.19. The molecule has 1 aliphatic heterocycles. The third-order valence-electron chi connectivity index (χ3n) is 3.63. The molecule has 0 radical (unpaired) electrons. The monoisotopic (exact) mass is 249 g/mol. The first-order valence-electron chi connectivity index (χ1n) is 6.44. The zero-order valence-electron chi connectivity index (χ0n) is 11.5. The quantitative estimate of drug-likeness (QED) is 0.871. The Morgan fingerprint density at radius 1 is 1.56 bits per heavy atom. The Morgan fingerprint density at radius 3 is 2.94 bits per heavy atom. The molecule has 2 atom stereocenters. The first-order chi connectivity index (χ1) is 8.49. The fourth-order valence-electron chi connectivity index (χ4n) is 2.53. The summed E-state index contributed by atoms with van der Waals surface area (Å²) in [5, 5.41) is 0. The van der Waals surface area contributed by atoms with Gasteiger partial charge >= 0.3 is 0 Å². The molecule has 1 aliphatic rings. The molecular formula is C14H23N3O. The second-order valence-electron chi connectivity index (χ2n) is 5.72. The largest absolute Gasteiger partial charge is 0.379 e. The molecule has 0 amide bonds. The first kappa shape index (κ1) is 13.5. The van der Waals surface area contributed by atoms with Crippen molar-refractivity contribution in [1.29, 1.82) is 0 Å². The molecule has 2 heterocycles. The van der Waals surface area contributed by atoms with Crippen LogP contribution < -0.4 is 5.73 Å². The van der Waals surface area contributed by atoms with Gasteiger partial charge in [0, 0.05) is 30.2 Å². The van der Waals surface area contributed by atoms with Crippen molar-refractivity contribution in [2.24, 2.45) is 11.1 Å². The number of aryl methyl sites for hydroxylation is 1. The van der Waals surface area contributed by atoms with Crippen molar-refractivity contribution >= 4 is 0 Å². The van der Waals surface area contributed by atoms with E-state index in [2.05, 4.69) is 36.0 Å². The van der Waals surface area contributed by atoms with Crippen LogP contribution in [0.3, 0.4) is 0 Å². The van der Waals surface area contributed by atoms with E-state index in [-0.39, 0.29) is 11.5 Å². The van der Waals surface area contributed by atoms with E-state index >= 15 is 0 Å². The third kappa shape index (κ3) is 3.07. The fourth-order valence-corrected chi connectivity index (χ4v) is 2.53. The Kier molecular flexibility index (Phi) is 4.00. The lowest BCUT2D eigenvalue weighted by Gasteiger charge is -2.31. The summed E-state index contributed by atoms with van der Waals surface area (Å²) in [4.78, 5) is 6.80. The van der Waals surface area contributed by atoms with Gasteiger partial charge in [0.1, 0.15) is 0 Å². The highest BCUT2D eigenvalue weighted by Crippen LogP contribution is 2.28. The summed E-state index contributed by atoms with van der Waals surface area (Å²) in [5.74, 6) is 0. The molecule has 0 bridgehead atoms. The molecule has 1 saturated heterocycles. The van der Waals surface area contributed by atoms with Crippen molar-refractivity contribution in [3.63, 3.8) is 0 Å². The van der Waals surface area contributed by atoms with Gasteiger partial charge in [0.15, 0.2) is 0 Å². The van der Waals surface area contributed by atoms with Gasteiger partial charge < -0.3 is 10.5 Å². The molecule has 2 N–H and O–H groups in total. The van der Waals surface area contributed by atoms with Gasteiger partial charge in [-0.2, -0.15) is 0 Å². The number of nitrogens with two attached hydrogens (primary N) is 1. The lowest BCUT2D eigenvalue weighted by Crippen LogP contribution is -2.45. The molecule has 1 aromatic rings. The lowest BCUT2D eigenvalue weighted by molar-refractivity contribution is 0.127. The van der Waals surface area contributed by atoms with E-state index in [9.17, 15) is 0 Å². The minimum Gasteiger partial charge on any atom is -0.379 e. The Balaban J connectivity index is 1.94. The number of aromatic nitrogens is 1. The summed E-state index contributed by atoms with van der Waals surface area (Å²) in [6, 6.07) is 6.27. The van der Waals surface area contributed by atoms with Crippen LogP contribution in [0.2, 0.25) is 0 Å². The summed E-state index contributed by atoms with van der Waals surface area (Å²) in [6.07, 6.45) is 0. The van der Waals surface area contributed by atoms with Crippen LogP contribution in [0.4, 0.5) is 0 Å². The van der Waals surface area contributed by atoms with E-state index in [0.29, 0.717) is 6.61 Å². The summed E-state index contributed by atoms with van der Waals surface area (Å²) >= 11 is 0. The van der Waals surface area contributed by atoms with E-state index in [4.69, 9.17) is 10.5 Å². The molecule has 2 rings (SSSR count). The number of ether oxygens (including phenoxy) is 1. The first-order valence-corrected chi connectivity index (χ1v) is 6.44. The van der Waals surface area contributed by atoms with Gasteiger partial charge in [0.05, 0.1) is 18.9 Å². The van der Waals surface area contributed by atoms with Crippen LogP contribution in [0.1, 0.15) is 18.3 Å². The van der Waals surface area contributed by atoms with Gasteiger partial charge in [-0.05, 0) is 26.1 Å². The highest BCUT2D eigenvalue weighted by Gasteiger charge is 2.38. The Labute approximate surface area is 109 Å². The molecule has 100 valence electrons. The van der Waals surface area contributed by atoms with Gasteiger partial charge in [0.2, 0.25) is 0 Å². The predicted molar refractivity (Wildman–Crippen MR) is 72.2 cm³/mol. The summed E-state index contributed by atoms with van der Waals surface area (Å²) in [6.45, 7) is 7.43. The second-order valence-corrected chi connectivity index (χ2v) is 5.72. The number of rotatable bonds is 4. The minimum atomic E-state index is 0.0541. The summed E-state index contributed by atoms with van der Waals surface area (Å²) in [5.41, 5.74) is 8.33. The topological polar surface area (TPSA) is 51.4 Å². The normalized spacial score (nSPS) is 27.9. The zero-order chi connectivity index (χ0) is 13.2. The van der Waals surface area contributed by atoms with Crippen LogP contribution in [0.5, 0.6) is 0 Å². The van der Waals surface area contributed by atoms with Crippen LogP contribution in [0, 0.1) is 12.3 Å². The van der Waals surface area contributed by atoms with Crippen LogP contribution in [-0.2, 0) is 11.3 Å². The number of nitrogens with zero attached hydrogens (tertiary/aromatic N) is 2. The average Bonchev–Trinajstić information content (AvgIpc) is 2.58. The van der Waals surface area contributed by atoms with Crippen molar-refractivity contribution in [3.8, 4) is 0 Å². The molecule has 1 fully saturated rings. The van der Waals surface area contributed by atoms with Crippen LogP contribution in [0.25, 0.3) is 0 Å². The zero-order valence-corrected chi connectivity index (χ0v) is 11.5. The van der Waals surface area contributed by atoms with E-state index in [0.717, 1.165) is 31.1 Å². The second kappa shape index (κ2) is 5.34. The molecule has 2 unspecified atom stereocenters. The molecule has 0 spiro atoms. The van der Waals surface area contributed by atoms with Crippen LogP contribution in [0.15, 0.2) is 18.2 Å². The molecule has 18 heavy (non-hydrogen) atoms. The minimum absolute atomic E-state index is 0.0541. The van der Waals surface area contributed by atoms with Gasteiger partial charge in [-0.1, -0.05) is 13.0 Å². The van der Waals surface area contributed by atoms with Gasteiger partial charge in [0.25, 0.3) is 0 Å². The molecule has 4 nitrogen and oxygen atoms in total.